The van der Waals surface area contributed by atoms with E-state index in [1.807, 2.05) is 24.3 Å². The molecular weight excluding hydrogens is 320 g/mol. The molecule has 0 unspecified atom stereocenters. The number of carboxylic acids is 1. The van der Waals surface area contributed by atoms with Crippen molar-refractivity contribution in [1.82, 2.24) is 9.21 Å². The van der Waals surface area contributed by atoms with E-state index in [4.69, 9.17) is 0 Å². The topological polar surface area (TPSA) is 95.0 Å². The van der Waals surface area contributed by atoms with E-state index in [-0.39, 0.29) is 25.3 Å². The van der Waals surface area contributed by atoms with Crippen LogP contribution in [0.5, 0.6) is 0 Å². The number of amides is 1. The molecule has 1 N–H and O–H groups in total. The number of benzene rings is 1. The van der Waals surface area contributed by atoms with Gasteiger partial charge in [0, 0.05) is 19.5 Å². The average Bonchev–Trinajstić information content (AvgIpc) is 2.84. The summed E-state index contributed by atoms with van der Waals surface area (Å²) < 4.78 is 24.8. The molecule has 1 aromatic rings. The van der Waals surface area contributed by atoms with Crippen LogP contribution in [0.1, 0.15) is 17.5 Å². The molecule has 1 aromatic carbocycles. The summed E-state index contributed by atoms with van der Waals surface area (Å²) in [6, 6.07) is 6.44. The maximum Gasteiger partial charge on any atom is 0.326 e. The molecule has 7 nitrogen and oxygen atoms in total. The Bertz CT molecular complexity index is 746. The highest BCUT2D eigenvalue weighted by Crippen LogP contribution is 2.24. The van der Waals surface area contributed by atoms with Crippen LogP contribution >= 0.6 is 0 Å². The van der Waals surface area contributed by atoms with Crippen molar-refractivity contribution in [3.8, 4) is 0 Å². The summed E-state index contributed by atoms with van der Waals surface area (Å²) >= 11 is 0. The molecule has 1 atom stereocenters. The molecule has 1 amide bonds. The van der Waals surface area contributed by atoms with Crippen molar-refractivity contribution in [2.24, 2.45) is 0 Å². The van der Waals surface area contributed by atoms with Crippen molar-refractivity contribution in [3.05, 3.63) is 35.4 Å². The first-order valence-corrected chi connectivity index (χ1v) is 9.06. The summed E-state index contributed by atoms with van der Waals surface area (Å²) in [6.45, 7) is 0.227. The van der Waals surface area contributed by atoms with Crippen LogP contribution in [-0.4, -0.2) is 59.5 Å². The summed E-state index contributed by atoms with van der Waals surface area (Å²) in [7, 11) is -3.38. The number of rotatable bonds is 3. The second-order valence-electron chi connectivity index (χ2n) is 5.85. The Hall–Kier alpha value is -1.93. The molecule has 0 bridgehead atoms. The zero-order valence-electron chi connectivity index (χ0n) is 12.5. The Labute approximate surface area is 134 Å². The molecule has 0 aromatic heterocycles. The smallest absolute Gasteiger partial charge is 0.326 e. The van der Waals surface area contributed by atoms with Gasteiger partial charge in [0.1, 0.15) is 6.04 Å². The first-order chi connectivity index (χ1) is 10.9. The zero-order chi connectivity index (χ0) is 16.6. The molecule has 124 valence electrons. The van der Waals surface area contributed by atoms with Gasteiger partial charge >= 0.3 is 5.97 Å². The van der Waals surface area contributed by atoms with Gasteiger partial charge in [0.25, 0.3) is 0 Å². The highest BCUT2D eigenvalue weighted by atomic mass is 32.2. The molecule has 8 heteroatoms. The molecule has 3 rings (SSSR count). The highest BCUT2D eigenvalue weighted by Gasteiger charge is 2.37. The third kappa shape index (κ3) is 3.09. The number of fused-ring (bicyclic) bond motifs is 1. The zero-order valence-corrected chi connectivity index (χ0v) is 13.3. The minimum absolute atomic E-state index is 0.0471. The van der Waals surface area contributed by atoms with Crippen LogP contribution in [0.2, 0.25) is 0 Å². The number of sulfonamides is 1. The minimum Gasteiger partial charge on any atom is -0.480 e. The standard InChI is InChI=1S/C15H18N2O5S/c18-14(10-16-6-3-7-23(16,21)22)17-9-12-5-2-1-4-11(12)8-13(17)15(19)20/h1-2,4-5,13H,3,6-10H2,(H,19,20)/t13-/m0/s1. The van der Waals surface area contributed by atoms with Crippen LogP contribution in [0.4, 0.5) is 0 Å². The molecular formula is C15H18N2O5S. The molecule has 23 heavy (non-hydrogen) atoms. The van der Waals surface area contributed by atoms with E-state index < -0.39 is 27.9 Å². The second-order valence-corrected chi connectivity index (χ2v) is 7.94. The maximum atomic E-state index is 12.5. The quantitative estimate of drug-likeness (QED) is 0.841. The summed E-state index contributed by atoms with van der Waals surface area (Å²) in [5.41, 5.74) is 1.82. The number of carboxylic acid groups (broad SMARTS) is 1. The van der Waals surface area contributed by atoms with Crippen molar-refractivity contribution in [1.29, 1.82) is 0 Å². The lowest BCUT2D eigenvalue weighted by Crippen LogP contribution is -2.51. The number of nitrogens with zero attached hydrogens (tertiary/aromatic N) is 2. The molecule has 0 spiro atoms. The number of carbonyl (C=O) groups excluding carboxylic acids is 1. The van der Waals surface area contributed by atoms with Gasteiger partial charge in [-0.3, -0.25) is 4.79 Å². The largest absolute Gasteiger partial charge is 0.480 e. The van der Waals surface area contributed by atoms with Crippen molar-refractivity contribution in [2.75, 3.05) is 18.8 Å². The lowest BCUT2D eigenvalue weighted by Gasteiger charge is -2.35. The third-order valence-electron chi connectivity index (χ3n) is 4.37. The fourth-order valence-corrected chi connectivity index (χ4v) is 4.58. The third-order valence-corrected chi connectivity index (χ3v) is 6.27. The van der Waals surface area contributed by atoms with Crippen LogP contribution in [-0.2, 0) is 32.6 Å². The van der Waals surface area contributed by atoms with Gasteiger partial charge in [-0.1, -0.05) is 24.3 Å². The van der Waals surface area contributed by atoms with Crippen molar-refractivity contribution in [2.45, 2.75) is 25.4 Å². The van der Waals surface area contributed by atoms with E-state index in [0.29, 0.717) is 13.0 Å². The first kappa shape index (κ1) is 15.9. The second kappa shape index (κ2) is 5.93. The van der Waals surface area contributed by atoms with Crippen LogP contribution in [0.15, 0.2) is 24.3 Å². The average molecular weight is 338 g/mol. The van der Waals surface area contributed by atoms with Crippen LogP contribution < -0.4 is 0 Å². The van der Waals surface area contributed by atoms with Gasteiger partial charge in [-0.2, -0.15) is 4.31 Å². The summed E-state index contributed by atoms with van der Waals surface area (Å²) in [6.07, 6.45) is 0.741. The number of hydrogen-bond donors (Lipinski definition) is 1. The minimum atomic E-state index is -3.38. The van der Waals surface area contributed by atoms with Gasteiger partial charge < -0.3 is 10.0 Å². The van der Waals surface area contributed by atoms with E-state index in [9.17, 15) is 23.1 Å². The first-order valence-electron chi connectivity index (χ1n) is 7.45. The predicted octanol–water partition coefficient (Wildman–Crippen LogP) is 0.0600. The number of aliphatic carboxylic acids is 1. The maximum absolute atomic E-state index is 12.5. The fraction of sp³-hybridized carbons (Fsp3) is 0.467. The van der Waals surface area contributed by atoms with Gasteiger partial charge in [-0.15, -0.1) is 0 Å². The highest BCUT2D eigenvalue weighted by molar-refractivity contribution is 7.89. The van der Waals surface area contributed by atoms with Crippen molar-refractivity contribution in [3.63, 3.8) is 0 Å². The molecule has 2 heterocycles. The van der Waals surface area contributed by atoms with Crippen LogP contribution in [0.25, 0.3) is 0 Å². The molecule has 0 radical (unpaired) electrons. The Morgan fingerprint density at radius 1 is 1.22 bits per heavy atom. The van der Waals surface area contributed by atoms with Gasteiger partial charge in [0.2, 0.25) is 15.9 Å². The van der Waals surface area contributed by atoms with E-state index in [2.05, 4.69) is 0 Å². The Balaban J connectivity index is 1.82. The van der Waals surface area contributed by atoms with Crippen molar-refractivity contribution < 1.29 is 23.1 Å². The molecule has 0 saturated carbocycles. The van der Waals surface area contributed by atoms with Gasteiger partial charge in [-0.25, -0.2) is 13.2 Å². The van der Waals surface area contributed by atoms with E-state index in [1.54, 1.807) is 0 Å². The van der Waals surface area contributed by atoms with Crippen LogP contribution in [0, 0.1) is 0 Å². The summed E-state index contributed by atoms with van der Waals surface area (Å²) in [4.78, 5) is 25.3. The van der Waals surface area contributed by atoms with E-state index >= 15 is 0 Å². The van der Waals surface area contributed by atoms with Gasteiger partial charge in [-0.05, 0) is 17.5 Å². The molecule has 0 aliphatic carbocycles. The normalized spacial score (nSPS) is 23.5. The van der Waals surface area contributed by atoms with Gasteiger partial charge in [0.05, 0.1) is 12.3 Å². The lowest BCUT2D eigenvalue weighted by atomic mass is 9.94. The Morgan fingerprint density at radius 2 is 1.91 bits per heavy atom. The molecule has 2 aliphatic heterocycles. The monoisotopic (exact) mass is 338 g/mol. The Kier molecular flexibility index (Phi) is 4.11. The predicted molar refractivity (Wildman–Crippen MR) is 82.1 cm³/mol. The molecule has 1 fully saturated rings. The van der Waals surface area contributed by atoms with E-state index in [1.165, 1.54) is 4.90 Å². The summed E-state index contributed by atoms with van der Waals surface area (Å²) in [5.74, 6) is -1.49. The van der Waals surface area contributed by atoms with Crippen molar-refractivity contribution >= 4 is 21.9 Å². The molecule has 2 aliphatic rings. The number of hydrogen-bond acceptors (Lipinski definition) is 4. The Morgan fingerprint density at radius 3 is 2.52 bits per heavy atom. The SMILES string of the molecule is O=C(O)[C@@H]1Cc2ccccc2CN1C(=O)CN1CCCS1(=O)=O. The lowest BCUT2D eigenvalue weighted by molar-refractivity contribution is -0.151. The van der Waals surface area contributed by atoms with Crippen LogP contribution in [0.3, 0.4) is 0 Å². The number of carbonyl (C=O) groups is 2. The van der Waals surface area contributed by atoms with E-state index in [0.717, 1.165) is 15.4 Å². The van der Waals surface area contributed by atoms with Gasteiger partial charge in [0.15, 0.2) is 0 Å². The fourth-order valence-electron chi connectivity index (χ4n) is 3.12. The molecule has 1 saturated heterocycles. The summed E-state index contributed by atoms with van der Waals surface area (Å²) in [5, 5.41) is 9.42.